The Morgan fingerprint density at radius 2 is 0.696 bits per heavy atom. The lowest BCUT2D eigenvalue weighted by Gasteiger charge is -2.40. The Kier molecular flexibility index (Phi) is 19.4. The molecular formula is C23H37F13O9Si. The van der Waals surface area contributed by atoms with E-state index in [2.05, 4.69) is 0 Å². The molecule has 0 rings (SSSR count). The molecule has 278 valence electrons. The van der Waals surface area contributed by atoms with Gasteiger partial charge in [0.1, 0.15) is 0 Å². The van der Waals surface area contributed by atoms with Gasteiger partial charge < -0.3 is 41.7 Å². The standard InChI is InChI=1S/C23H37F13O9Si/c1-37-5-8-40-11-14-43-46(44-15-12-41-9-6-38-2,45-16-13-42-10-7-39-3)17-4-18(24,25)19(26,27)20(28,29)21(30,31)22(32,33)23(34,35)36/h4-17H2,1-3H3. The predicted molar refractivity (Wildman–Crippen MR) is 132 cm³/mol. The van der Waals surface area contributed by atoms with Crippen LogP contribution in [0.2, 0.25) is 6.04 Å². The number of hydrogen-bond donors (Lipinski definition) is 0. The van der Waals surface area contributed by atoms with Gasteiger partial charge in [-0.1, -0.05) is 0 Å². The van der Waals surface area contributed by atoms with Crippen LogP contribution in [-0.4, -0.2) is 145 Å². The lowest BCUT2D eigenvalue weighted by Crippen LogP contribution is -2.70. The monoisotopic (exact) mass is 732 g/mol. The minimum Gasteiger partial charge on any atom is -0.382 e. The third-order valence-electron chi connectivity index (χ3n) is 5.69. The van der Waals surface area contributed by atoms with Crippen LogP contribution in [0.1, 0.15) is 6.42 Å². The lowest BCUT2D eigenvalue weighted by atomic mass is 9.93. The van der Waals surface area contributed by atoms with Crippen molar-refractivity contribution in [2.75, 3.05) is 101 Å². The van der Waals surface area contributed by atoms with Gasteiger partial charge in [0.25, 0.3) is 0 Å². The average Bonchev–Trinajstić information content (AvgIpc) is 2.96. The highest BCUT2D eigenvalue weighted by Gasteiger charge is 2.90. The van der Waals surface area contributed by atoms with Crippen LogP contribution in [0.15, 0.2) is 0 Å². The molecule has 0 fully saturated rings. The molecule has 0 amide bonds. The van der Waals surface area contributed by atoms with Gasteiger partial charge in [0, 0.05) is 33.8 Å². The first-order chi connectivity index (χ1) is 21.1. The third kappa shape index (κ3) is 12.4. The fourth-order valence-corrected chi connectivity index (χ4v) is 5.60. The van der Waals surface area contributed by atoms with Gasteiger partial charge in [-0.15, -0.1) is 0 Å². The Hall–Kier alpha value is -1.05. The van der Waals surface area contributed by atoms with E-state index in [0.29, 0.717) is 0 Å². The van der Waals surface area contributed by atoms with Crippen LogP contribution in [0.4, 0.5) is 57.1 Å². The Morgan fingerprint density at radius 1 is 0.391 bits per heavy atom. The van der Waals surface area contributed by atoms with Crippen molar-refractivity contribution >= 4 is 8.80 Å². The van der Waals surface area contributed by atoms with E-state index >= 15 is 0 Å². The van der Waals surface area contributed by atoms with Crippen LogP contribution >= 0.6 is 0 Å². The number of methoxy groups -OCH3 is 3. The molecule has 0 aliphatic heterocycles. The first-order valence-corrected chi connectivity index (χ1v) is 15.1. The molecule has 9 nitrogen and oxygen atoms in total. The SMILES string of the molecule is COCCOCCO[Si](CCC(F)(F)C(F)(F)C(F)(F)C(F)(F)C(F)(F)C(F)(F)F)(OCCOCCOC)OCCOCCOC. The molecule has 0 N–H and O–H groups in total. The molecule has 23 heteroatoms. The Morgan fingerprint density at radius 3 is 1.00 bits per heavy atom. The summed E-state index contributed by atoms with van der Waals surface area (Å²) >= 11 is 0. The fourth-order valence-electron chi connectivity index (χ4n) is 3.11. The lowest BCUT2D eigenvalue weighted by molar-refractivity contribution is -0.440. The molecule has 0 aromatic carbocycles. The molecule has 0 unspecified atom stereocenters. The molecule has 0 saturated carbocycles. The van der Waals surface area contributed by atoms with E-state index in [-0.39, 0.29) is 59.5 Å². The van der Waals surface area contributed by atoms with Gasteiger partial charge in [0.15, 0.2) is 0 Å². The highest BCUT2D eigenvalue weighted by atomic mass is 28.4. The van der Waals surface area contributed by atoms with Crippen molar-refractivity contribution in [1.82, 2.24) is 0 Å². The number of alkyl halides is 13. The molecule has 0 heterocycles. The first-order valence-electron chi connectivity index (χ1n) is 13.2. The molecule has 0 aliphatic rings. The van der Waals surface area contributed by atoms with Crippen LogP contribution in [0.5, 0.6) is 0 Å². The summed E-state index contributed by atoms with van der Waals surface area (Å²) in [5.74, 6) is -37.6. The first kappa shape index (κ1) is 44.9. The van der Waals surface area contributed by atoms with Crippen molar-refractivity contribution in [2.45, 2.75) is 48.3 Å². The van der Waals surface area contributed by atoms with E-state index in [4.69, 9.17) is 41.7 Å². The number of rotatable bonds is 28. The zero-order chi connectivity index (χ0) is 35.8. The molecule has 0 bridgehead atoms. The van der Waals surface area contributed by atoms with Crippen molar-refractivity contribution in [3.8, 4) is 0 Å². The number of ether oxygens (including phenoxy) is 6. The van der Waals surface area contributed by atoms with E-state index in [1.54, 1.807) is 0 Å². The van der Waals surface area contributed by atoms with Crippen molar-refractivity contribution in [1.29, 1.82) is 0 Å². The molecular weight excluding hydrogens is 695 g/mol. The third-order valence-corrected chi connectivity index (χ3v) is 8.48. The van der Waals surface area contributed by atoms with Crippen molar-refractivity contribution in [2.24, 2.45) is 0 Å². The summed E-state index contributed by atoms with van der Waals surface area (Å²) in [4.78, 5) is 0. The summed E-state index contributed by atoms with van der Waals surface area (Å²) in [6, 6.07) is -1.55. The van der Waals surface area contributed by atoms with Crippen molar-refractivity contribution in [3.05, 3.63) is 0 Å². The average molecular weight is 733 g/mol. The van der Waals surface area contributed by atoms with E-state index in [9.17, 15) is 57.1 Å². The summed E-state index contributed by atoms with van der Waals surface area (Å²) in [7, 11) is -0.761. The minimum atomic E-state index is -8.01. The smallest absolute Gasteiger partial charge is 0.382 e. The molecule has 0 atom stereocenters. The normalized spacial score (nSPS) is 14.3. The summed E-state index contributed by atoms with van der Waals surface area (Å²) < 4.78 is 223. The number of halogens is 13. The molecule has 0 aliphatic carbocycles. The largest absolute Gasteiger partial charge is 0.501 e. The van der Waals surface area contributed by atoms with E-state index in [1.807, 2.05) is 0 Å². The van der Waals surface area contributed by atoms with Gasteiger partial charge in [-0.2, -0.15) is 57.1 Å². The highest BCUT2D eigenvalue weighted by molar-refractivity contribution is 6.60. The van der Waals surface area contributed by atoms with Gasteiger partial charge in [0.05, 0.1) is 79.3 Å². The molecule has 0 aromatic rings. The molecule has 0 aromatic heterocycles. The van der Waals surface area contributed by atoms with Gasteiger partial charge in [0.2, 0.25) is 0 Å². The zero-order valence-corrected chi connectivity index (χ0v) is 26.0. The van der Waals surface area contributed by atoms with Crippen LogP contribution in [0, 0.1) is 0 Å². The van der Waals surface area contributed by atoms with Crippen molar-refractivity contribution < 1.29 is 98.8 Å². The maximum Gasteiger partial charge on any atom is 0.501 e. The summed E-state index contributed by atoms with van der Waals surface area (Å²) in [6.07, 6.45) is -10.1. The zero-order valence-electron chi connectivity index (χ0n) is 25.0. The fraction of sp³-hybridized carbons (Fsp3) is 1.00. The van der Waals surface area contributed by atoms with Crippen molar-refractivity contribution in [3.63, 3.8) is 0 Å². The molecule has 46 heavy (non-hydrogen) atoms. The summed E-state index contributed by atoms with van der Waals surface area (Å²) in [5, 5.41) is 0. The Balaban J connectivity index is 6.23. The van der Waals surface area contributed by atoms with Gasteiger partial charge in [-0.3, -0.25) is 0 Å². The Labute approximate surface area is 257 Å². The number of hydrogen-bond acceptors (Lipinski definition) is 9. The Bertz CT molecular complexity index is 784. The second kappa shape index (κ2) is 19.8. The molecule has 0 spiro atoms. The topological polar surface area (TPSA) is 83.1 Å². The van der Waals surface area contributed by atoms with Gasteiger partial charge in [-0.25, -0.2) is 0 Å². The van der Waals surface area contributed by atoms with Crippen LogP contribution < -0.4 is 0 Å². The predicted octanol–water partition coefficient (Wildman–Crippen LogP) is 5.09. The van der Waals surface area contributed by atoms with Gasteiger partial charge >= 0.3 is 44.6 Å². The summed E-state index contributed by atoms with van der Waals surface area (Å²) in [5.41, 5.74) is 0. The van der Waals surface area contributed by atoms with Crippen LogP contribution in [0.25, 0.3) is 0 Å². The van der Waals surface area contributed by atoms with Crippen LogP contribution in [-0.2, 0) is 41.7 Å². The van der Waals surface area contributed by atoms with Crippen LogP contribution in [0.3, 0.4) is 0 Å². The minimum absolute atomic E-state index is 0.00699. The van der Waals surface area contributed by atoms with E-state index < -0.39 is 76.9 Å². The quantitative estimate of drug-likeness (QED) is 0.0621. The highest BCUT2D eigenvalue weighted by Crippen LogP contribution is 2.61. The molecule has 0 radical (unpaired) electrons. The second-order valence-electron chi connectivity index (χ2n) is 9.04. The maximum absolute atomic E-state index is 14.7. The summed E-state index contributed by atoms with van der Waals surface area (Å²) in [6.45, 7) is -2.35. The molecule has 0 saturated heterocycles. The van der Waals surface area contributed by atoms with E-state index in [0.717, 1.165) is 0 Å². The second-order valence-corrected chi connectivity index (χ2v) is 11.8. The van der Waals surface area contributed by atoms with Gasteiger partial charge in [-0.05, 0) is 0 Å². The maximum atomic E-state index is 14.7. The van der Waals surface area contributed by atoms with E-state index in [1.165, 1.54) is 21.3 Å².